The second-order valence-electron chi connectivity index (χ2n) is 8.64. The largest absolute Gasteiger partial charge is 0.468 e. The van der Waals surface area contributed by atoms with Crippen LogP contribution in [0.3, 0.4) is 0 Å². The molecule has 4 rings (SSSR count). The van der Waals surface area contributed by atoms with Crippen LogP contribution in [0.15, 0.2) is 39.5 Å². The van der Waals surface area contributed by atoms with E-state index in [-0.39, 0.29) is 35.7 Å². The van der Waals surface area contributed by atoms with Crippen molar-refractivity contribution < 1.29 is 22.7 Å². The quantitative estimate of drug-likeness (QED) is 0.373. The normalized spacial score (nSPS) is 16.0. The molecule has 1 aliphatic heterocycles. The molecule has 0 atom stereocenters. The van der Waals surface area contributed by atoms with Crippen LogP contribution in [0.25, 0.3) is 10.2 Å². The number of sulfonamides is 1. The van der Waals surface area contributed by atoms with Gasteiger partial charge in [-0.15, -0.1) is 11.3 Å². The zero-order chi connectivity index (χ0) is 25.9. The van der Waals surface area contributed by atoms with Gasteiger partial charge >= 0.3 is 5.97 Å². The number of hydrogen-bond donors (Lipinski definition) is 0. The number of aromatic nitrogens is 1. The number of methoxy groups -OCH3 is 1. The SMILES string of the molecule is CCCCc1ccc2c(c1)sc(=NC(=O)C1CCN(S(=O)(=O)c3ccc(Cl)s3)CC1)n2CC(=O)OC. The molecular formula is C24H28ClN3O5S3. The molecule has 36 heavy (non-hydrogen) atoms. The number of rotatable bonds is 8. The lowest BCUT2D eigenvalue weighted by Crippen LogP contribution is -2.40. The van der Waals surface area contributed by atoms with Crippen LogP contribution in [0.4, 0.5) is 0 Å². The van der Waals surface area contributed by atoms with Crippen molar-refractivity contribution in [2.24, 2.45) is 10.9 Å². The zero-order valence-corrected chi connectivity index (χ0v) is 23.3. The van der Waals surface area contributed by atoms with Gasteiger partial charge in [0.25, 0.3) is 15.9 Å². The number of aryl methyl sites for hydroxylation is 1. The number of esters is 1. The lowest BCUT2D eigenvalue weighted by Gasteiger charge is -2.29. The van der Waals surface area contributed by atoms with Crippen molar-refractivity contribution in [2.45, 2.75) is 49.8 Å². The van der Waals surface area contributed by atoms with Gasteiger partial charge in [0.2, 0.25) is 0 Å². The van der Waals surface area contributed by atoms with Gasteiger partial charge in [-0.3, -0.25) is 9.59 Å². The third-order valence-corrected chi connectivity index (χ3v) is 10.9. The fourth-order valence-electron chi connectivity index (χ4n) is 4.18. The molecule has 0 radical (unpaired) electrons. The van der Waals surface area contributed by atoms with Crippen molar-refractivity contribution in [1.82, 2.24) is 8.87 Å². The van der Waals surface area contributed by atoms with Crippen molar-refractivity contribution in [2.75, 3.05) is 20.2 Å². The number of nitrogens with zero attached hydrogens (tertiary/aromatic N) is 3. The van der Waals surface area contributed by atoms with Crippen molar-refractivity contribution in [3.8, 4) is 0 Å². The van der Waals surface area contributed by atoms with Crippen LogP contribution in [0.5, 0.6) is 0 Å². The van der Waals surface area contributed by atoms with E-state index in [9.17, 15) is 18.0 Å². The molecule has 2 aromatic heterocycles. The summed E-state index contributed by atoms with van der Waals surface area (Å²) >= 11 is 8.30. The molecule has 0 spiro atoms. The summed E-state index contributed by atoms with van der Waals surface area (Å²) < 4.78 is 35.3. The minimum absolute atomic E-state index is 0.0447. The highest BCUT2D eigenvalue weighted by Crippen LogP contribution is 2.31. The number of halogens is 1. The second kappa shape index (κ2) is 11.6. The minimum atomic E-state index is -3.63. The Morgan fingerprint density at radius 1 is 1.17 bits per heavy atom. The monoisotopic (exact) mass is 569 g/mol. The van der Waals surface area contributed by atoms with E-state index in [1.807, 2.05) is 12.1 Å². The average Bonchev–Trinajstić information content (AvgIpc) is 3.46. The number of carbonyl (C=O) groups is 2. The van der Waals surface area contributed by atoms with Gasteiger partial charge in [-0.25, -0.2) is 8.42 Å². The van der Waals surface area contributed by atoms with Crippen LogP contribution in [0, 0.1) is 5.92 Å². The number of piperidine rings is 1. The predicted octanol–water partition coefficient (Wildman–Crippen LogP) is 4.46. The molecule has 1 saturated heterocycles. The molecule has 0 unspecified atom stereocenters. The summed E-state index contributed by atoms with van der Waals surface area (Å²) in [7, 11) is -2.30. The molecule has 3 heterocycles. The van der Waals surface area contributed by atoms with E-state index in [1.54, 1.807) is 10.6 Å². The van der Waals surface area contributed by atoms with Crippen molar-refractivity contribution in [1.29, 1.82) is 0 Å². The van der Waals surface area contributed by atoms with E-state index in [0.29, 0.717) is 22.0 Å². The Labute approximate surface area is 223 Å². The average molecular weight is 570 g/mol. The van der Waals surface area contributed by atoms with Gasteiger partial charge in [-0.05, 0) is 55.5 Å². The first kappa shape index (κ1) is 27.0. The Balaban J connectivity index is 1.56. The maximum absolute atomic E-state index is 13.1. The number of unbranched alkanes of at least 4 members (excludes halogenated alkanes) is 1. The van der Waals surface area contributed by atoms with Gasteiger partial charge in [0.1, 0.15) is 10.8 Å². The Morgan fingerprint density at radius 3 is 2.56 bits per heavy atom. The third-order valence-electron chi connectivity index (χ3n) is 6.23. The number of fused-ring (bicyclic) bond motifs is 1. The summed E-state index contributed by atoms with van der Waals surface area (Å²) in [6.45, 7) is 2.57. The Kier molecular flexibility index (Phi) is 8.67. The van der Waals surface area contributed by atoms with E-state index in [4.69, 9.17) is 16.3 Å². The lowest BCUT2D eigenvalue weighted by molar-refractivity contribution is -0.141. The smallest absolute Gasteiger partial charge is 0.325 e. The molecule has 1 aliphatic rings. The zero-order valence-electron chi connectivity index (χ0n) is 20.1. The number of benzene rings is 1. The van der Waals surface area contributed by atoms with Crippen LogP contribution in [0.2, 0.25) is 4.34 Å². The maximum atomic E-state index is 13.1. The summed E-state index contributed by atoms with van der Waals surface area (Å²) in [5.74, 6) is -1.12. The summed E-state index contributed by atoms with van der Waals surface area (Å²) in [4.78, 5) is 30.0. The molecular weight excluding hydrogens is 542 g/mol. The topological polar surface area (TPSA) is 98.0 Å². The Morgan fingerprint density at radius 2 is 1.92 bits per heavy atom. The van der Waals surface area contributed by atoms with Gasteiger partial charge in [0.05, 0.1) is 21.7 Å². The van der Waals surface area contributed by atoms with Gasteiger partial charge in [0.15, 0.2) is 4.80 Å². The molecule has 1 aromatic carbocycles. The standard InChI is InChI=1S/C24H28ClN3O5S3/c1-3-4-5-16-6-7-18-19(14-16)34-24(28(18)15-21(29)33-2)26-23(30)17-10-12-27(13-11-17)36(31,32)22-9-8-20(25)35-22/h6-9,14,17H,3-5,10-13,15H2,1-2H3. The molecule has 0 aliphatic carbocycles. The highest BCUT2D eigenvalue weighted by Gasteiger charge is 2.33. The van der Waals surface area contributed by atoms with Crippen molar-refractivity contribution >= 4 is 66.4 Å². The number of carbonyl (C=O) groups excluding carboxylic acids is 2. The van der Waals surface area contributed by atoms with E-state index in [2.05, 4.69) is 18.0 Å². The summed E-state index contributed by atoms with van der Waals surface area (Å²) in [6, 6.07) is 9.16. The van der Waals surface area contributed by atoms with E-state index >= 15 is 0 Å². The molecule has 3 aromatic rings. The number of hydrogen-bond acceptors (Lipinski definition) is 7. The molecule has 0 N–H and O–H groups in total. The van der Waals surface area contributed by atoms with E-state index in [0.717, 1.165) is 40.8 Å². The summed E-state index contributed by atoms with van der Waals surface area (Å²) in [5.41, 5.74) is 2.03. The molecule has 8 nitrogen and oxygen atoms in total. The highest BCUT2D eigenvalue weighted by atomic mass is 35.5. The number of thiazole rings is 1. The van der Waals surface area contributed by atoms with E-state index < -0.39 is 16.0 Å². The van der Waals surface area contributed by atoms with Gasteiger partial charge < -0.3 is 9.30 Å². The minimum Gasteiger partial charge on any atom is -0.468 e. The summed E-state index contributed by atoms with van der Waals surface area (Å²) in [5, 5.41) is 0. The van der Waals surface area contributed by atoms with E-state index in [1.165, 1.54) is 34.4 Å². The van der Waals surface area contributed by atoms with Crippen LogP contribution in [-0.4, -0.2) is 49.4 Å². The molecule has 12 heteroatoms. The predicted molar refractivity (Wildman–Crippen MR) is 142 cm³/mol. The van der Waals surface area contributed by atoms with Crippen LogP contribution in [0.1, 0.15) is 38.2 Å². The number of ether oxygens (including phenoxy) is 1. The molecule has 0 bridgehead atoms. The molecule has 1 amide bonds. The van der Waals surface area contributed by atoms with Gasteiger partial charge in [0, 0.05) is 19.0 Å². The highest BCUT2D eigenvalue weighted by molar-refractivity contribution is 7.91. The first-order valence-corrected chi connectivity index (χ1v) is 15.2. The van der Waals surface area contributed by atoms with Crippen molar-refractivity contribution in [3.63, 3.8) is 0 Å². The van der Waals surface area contributed by atoms with Crippen molar-refractivity contribution in [3.05, 3.63) is 45.0 Å². The lowest BCUT2D eigenvalue weighted by atomic mass is 9.98. The molecule has 0 saturated carbocycles. The van der Waals surface area contributed by atoms with Crippen LogP contribution in [-0.2, 0) is 37.3 Å². The maximum Gasteiger partial charge on any atom is 0.325 e. The summed E-state index contributed by atoms with van der Waals surface area (Å²) in [6.07, 6.45) is 3.91. The Hall–Kier alpha value is -2.05. The molecule has 194 valence electrons. The van der Waals surface area contributed by atoms with Gasteiger partial charge in [-0.2, -0.15) is 9.30 Å². The fourth-order valence-corrected chi connectivity index (χ4v) is 8.38. The first-order valence-electron chi connectivity index (χ1n) is 11.8. The third kappa shape index (κ3) is 5.91. The number of amides is 1. The number of thiophene rings is 1. The molecule has 1 fully saturated rings. The first-order chi connectivity index (χ1) is 17.2. The Bertz CT molecular complexity index is 1430. The van der Waals surface area contributed by atoms with Crippen LogP contribution < -0.4 is 4.80 Å². The van der Waals surface area contributed by atoms with Crippen LogP contribution >= 0.6 is 34.3 Å². The van der Waals surface area contributed by atoms with Gasteiger partial charge in [-0.1, -0.05) is 42.3 Å². The second-order valence-corrected chi connectivity index (χ2v) is 13.5. The fraction of sp³-hybridized carbons (Fsp3) is 0.458.